The van der Waals surface area contributed by atoms with Crippen LogP contribution in [0, 0.1) is 18.8 Å². The van der Waals surface area contributed by atoms with E-state index in [1.165, 1.54) is 33.4 Å². The molecule has 0 amide bonds. The van der Waals surface area contributed by atoms with Gasteiger partial charge in [-0.15, -0.1) is 48.1 Å². The number of anilines is 6. The largest absolute Gasteiger partial charge is 0.493 e. The van der Waals surface area contributed by atoms with Gasteiger partial charge in [0.2, 0.25) is 0 Å². The zero-order chi connectivity index (χ0) is 45.3. The van der Waals surface area contributed by atoms with Crippen LogP contribution in [0.1, 0.15) is 77.6 Å². The van der Waals surface area contributed by atoms with Gasteiger partial charge in [-0.25, -0.2) is 4.98 Å². The molecule has 0 radical (unpaired) electrons. The fraction of sp³-hybridized carbons (Fsp3) is 0.200. The van der Waals surface area contributed by atoms with Gasteiger partial charge in [0.15, 0.2) is 0 Å². The van der Waals surface area contributed by atoms with Crippen LogP contribution >= 0.6 is 0 Å². The number of benzene rings is 7. The number of para-hydroxylation sites is 2. The van der Waals surface area contributed by atoms with Crippen molar-refractivity contribution < 1.29 is 21.1 Å². The van der Waals surface area contributed by atoms with Crippen molar-refractivity contribution in [2.24, 2.45) is 0 Å². The molecule has 7 aromatic carbocycles. The van der Waals surface area contributed by atoms with Crippen LogP contribution in [-0.2, 0) is 37.3 Å². The second kappa shape index (κ2) is 17.1. The molecule has 5 nitrogen and oxygen atoms in total. The minimum Gasteiger partial charge on any atom is -0.493 e. The molecule has 0 bridgehead atoms. The van der Waals surface area contributed by atoms with Crippen LogP contribution in [0.15, 0.2) is 170 Å². The van der Waals surface area contributed by atoms with Gasteiger partial charge in [0.25, 0.3) is 0 Å². The summed E-state index contributed by atoms with van der Waals surface area (Å²) in [6.07, 6.45) is 1.95. The Labute approximate surface area is 405 Å². The second-order valence-corrected chi connectivity index (χ2v) is 20.0. The molecule has 1 aliphatic heterocycles. The summed E-state index contributed by atoms with van der Waals surface area (Å²) in [5.41, 5.74) is 15.5. The average molecular weight is 1040 g/mol. The van der Waals surface area contributed by atoms with Crippen molar-refractivity contribution in [1.82, 2.24) is 9.55 Å². The van der Waals surface area contributed by atoms with Crippen LogP contribution < -0.4 is 14.7 Å². The summed E-state index contributed by atoms with van der Waals surface area (Å²) in [6, 6.07) is 66.7. The molecule has 334 valence electrons. The fourth-order valence-corrected chi connectivity index (χ4v) is 9.16. The molecule has 3 heterocycles. The van der Waals surface area contributed by atoms with Gasteiger partial charge in [-0.3, -0.25) is 0 Å². The van der Waals surface area contributed by atoms with Crippen LogP contribution in [0.3, 0.4) is 0 Å². The Hall–Kier alpha value is -6.42. The molecule has 9 aromatic rings. The number of aromatic nitrogens is 2. The van der Waals surface area contributed by atoms with E-state index in [0.717, 1.165) is 61.7 Å². The number of hydrogen-bond acceptors (Lipinski definition) is 4. The quantitative estimate of drug-likeness (QED) is 0.142. The molecule has 0 atom stereocenters. The van der Waals surface area contributed by atoms with Crippen molar-refractivity contribution in [3.8, 4) is 16.9 Å². The molecule has 0 N–H and O–H groups in total. The maximum atomic E-state index is 5.05. The van der Waals surface area contributed by atoms with E-state index in [1.807, 2.05) is 6.20 Å². The number of hydrogen-bond donors (Lipinski definition) is 0. The first-order chi connectivity index (χ1) is 31.1. The van der Waals surface area contributed by atoms with Gasteiger partial charge in [-0.2, -0.15) is 12.1 Å². The van der Waals surface area contributed by atoms with Crippen molar-refractivity contribution in [3.63, 3.8) is 0 Å². The average Bonchev–Trinajstić information content (AvgIpc) is 3.87. The number of nitrogens with zero attached hydrogens (tertiary/aromatic N) is 5. The summed E-state index contributed by atoms with van der Waals surface area (Å²) < 4.78 is 2.28. The zero-order valence-electron chi connectivity index (χ0n) is 39.3. The standard InChI is InChI=1S/C60H56N5.Pt/c1-58(2,3)45-34-46(59(4,5)6)36-50(35-45)64-40-63(54-25-16-17-26-55(54)64)49-24-18-23-47(38-49)62(9)48-28-29-51-52-33-42(41-19-12-10-13-20-41)27-30-53(52)65(56(51)39-48)57-37-44(31-32-61-57)60(7,8)43-21-14-11-15-22-43;/h10-37,40H,1-9H3;/q-3;. The summed E-state index contributed by atoms with van der Waals surface area (Å²) in [5.74, 6) is 0.860. The van der Waals surface area contributed by atoms with Gasteiger partial charge < -0.3 is 19.3 Å². The van der Waals surface area contributed by atoms with Crippen molar-refractivity contribution >= 4 is 55.9 Å². The molecule has 0 saturated carbocycles. The third-order valence-corrected chi connectivity index (χ3v) is 13.3. The van der Waals surface area contributed by atoms with Crippen LogP contribution in [0.25, 0.3) is 38.8 Å². The molecule has 0 spiro atoms. The van der Waals surface area contributed by atoms with E-state index < -0.39 is 0 Å². The topological polar surface area (TPSA) is 27.5 Å². The first-order valence-electron chi connectivity index (χ1n) is 22.7. The van der Waals surface area contributed by atoms with Gasteiger partial charge >= 0.3 is 0 Å². The van der Waals surface area contributed by atoms with E-state index in [0.29, 0.717) is 0 Å². The Morgan fingerprint density at radius 3 is 1.83 bits per heavy atom. The van der Waals surface area contributed by atoms with Crippen LogP contribution in [0.5, 0.6) is 0 Å². The van der Waals surface area contributed by atoms with Crippen LogP contribution in [0.4, 0.5) is 34.1 Å². The summed E-state index contributed by atoms with van der Waals surface area (Å²) in [7, 11) is 2.11. The van der Waals surface area contributed by atoms with E-state index in [2.05, 4.69) is 264 Å². The normalized spacial score (nSPS) is 13.0. The molecular weight excluding hydrogens is 986 g/mol. The molecule has 1 aliphatic rings. The first-order valence-corrected chi connectivity index (χ1v) is 22.7. The molecule has 66 heavy (non-hydrogen) atoms. The molecule has 0 unspecified atom stereocenters. The SMILES string of the molecule is CN(c1[c-]c(N2[CH-]N(c3cc(C(C)(C)C)cc(C(C)(C)C)c3)c3ccccc32)ccc1)c1[c-]c2c(cc1)c1cc(-c3ccccc3)ccc1n2-c1cc(C(C)(C)c2ccccc2)ccn1.[Pt]. The molecule has 10 rings (SSSR count). The smallest absolute Gasteiger partial charge is 0.135 e. The maximum Gasteiger partial charge on any atom is 0.135 e. The monoisotopic (exact) mass is 1040 g/mol. The number of rotatable bonds is 8. The minimum atomic E-state index is -0.232. The fourth-order valence-electron chi connectivity index (χ4n) is 9.16. The van der Waals surface area contributed by atoms with E-state index in [9.17, 15) is 0 Å². The number of pyridine rings is 1. The van der Waals surface area contributed by atoms with Gasteiger partial charge in [-0.05, 0) is 92.1 Å². The van der Waals surface area contributed by atoms with Crippen LogP contribution in [-0.4, -0.2) is 16.6 Å². The van der Waals surface area contributed by atoms with Crippen molar-refractivity contribution in [3.05, 3.63) is 211 Å². The molecule has 6 heteroatoms. The van der Waals surface area contributed by atoms with Crippen LogP contribution in [0.2, 0.25) is 0 Å². The number of fused-ring (bicyclic) bond motifs is 4. The molecule has 0 saturated heterocycles. The minimum absolute atomic E-state index is 0. The predicted molar refractivity (Wildman–Crippen MR) is 274 cm³/mol. The molecule has 0 aliphatic carbocycles. The Balaban J connectivity index is 0.00000548. The third kappa shape index (κ3) is 8.13. The zero-order valence-corrected chi connectivity index (χ0v) is 41.6. The van der Waals surface area contributed by atoms with E-state index in [1.54, 1.807) is 0 Å². The van der Waals surface area contributed by atoms with Gasteiger partial charge in [0.1, 0.15) is 5.82 Å². The predicted octanol–water partition coefficient (Wildman–Crippen LogP) is 15.5. The van der Waals surface area contributed by atoms with Crippen molar-refractivity contribution in [1.29, 1.82) is 0 Å². The van der Waals surface area contributed by atoms with Crippen molar-refractivity contribution in [2.75, 3.05) is 21.7 Å². The van der Waals surface area contributed by atoms with E-state index in [4.69, 9.17) is 4.98 Å². The Bertz CT molecular complexity index is 3180. The summed E-state index contributed by atoms with van der Waals surface area (Å²) in [5, 5.41) is 2.28. The molecular formula is C60H56N5Pt-3. The third-order valence-electron chi connectivity index (χ3n) is 13.3. The summed E-state index contributed by atoms with van der Waals surface area (Å²) >= 11 is 0. The van der Waals surface area contributed by atoms with Gasteiger partial charge in [0, 0.05) is 62.3 Å². The first kappa shape index (κ1) is 44.8. The van der Waals surface area contributed by atoms with E-state index in [-0.39, 0.29) is 37.3 Å². The van der Waals surface area contributed by atoms with E-state index >= 15 is 0 Å². The van der Waals surface area contributed by atoms with Crippen molar-refractivity contribution in [2.45, 2.75) is 71.6 Å². The molecule has 0 fully saturated rings. The van der Waals surface area contributed by atoms with Gasteiger partial charge in [0.05, 0.1) is 0 Å². The maximum absolute atomic E-state index is 5.05. The Morgan fingerprint density at radius 1 is 0.515 bits per heavy atom. The Kier molecular flexibility index (Phi) is 11.6. The molecule has 2 aromatic heterocycles. The summed E-state index contributed by atoms with van der Waals surface area (Å²) in [6.45, 7) is 20.5. The second-order valence-electron chi connectivity index (χ2n) is 20.0. The Morgan fingerprint density at radius 2 is 1.15 bits per heavy atom. The summed E-state index contributed by atoms with van der Waals surface area (Å²) in [4.78, 5) is 11.8. The van der Waals surface area contributed by atoms with Gasteiger partial charge in [-0.1, -0.05) is 163 Å².